The number of ketones is 1. The van der Waals surface area contributed by atoms with Crippen molar-refractivity contribution < 1.29 is 18.4 Å². The standard InChI is InChI=1S/C19H20F2N6O2/c1-11-9-15(17(20)21)27-18(24-11)13(10-23-27)19(29)26-7-4-12(5-8-26)16(28)14-3-6-22-25(14)2/h3,6,9-10,12,17H,4-5,7-8H2,1-2H3. The van der Waals surface area contributed by atoms with Gasteiger partial charge in [-0.05, 0) is 31.9 Å². The zero-order valence-corrected chi connectivity index (χ0v) is 16.0. The molecule has 0 aromatic carbocycles. The molecule has 1 aliphatic rings. The van der Waals surface area contributed by atoms with E-state index >= 15 is 0 Å². The largest absolute Gasteiger partial charge is 0.338 e. The molecule has 1 amide bonds. The van der Waals surface area contributed by atoms with Crippen LogP contribution in [0.2, 0.25) is 0 Å². The Hall–Kier alpha value is -3.17. The van der Waals surface area contributed by atoms with Crippen molar-refractivity contribution in [1.82, 2.24) is 29.3 Å². The first-order valence-corrected chi connectivity index (χ1v) is 9.31. The van der Waals surface area contributed by atoms with Gasteiger partial charge >= 0.3 is 0 Å². The number of likely N-dealkylation sites (tertiary alicyclic amines) is 1. The molecule has 0 spiro atoms. The zero-order chi connectivity index (χ0) is 20.7. The van der Waals surface area contributed by atoms with E-state index in [4.69, 9.17) is 0 Å². The lowest BCUT2D eigenvalue weighted by atomic mass is 9.90. The number of carbonyl (C=O) groups excluding carboxylic acids is 2. The smallest absolute Gasteiger partial charge is 0.280 e. The first kappa shape index (κ1) is 19.2. The number of piperidine rings is 1. The van der Waals surface area contributed by atoms with Crippen LogP contribution in [0.15, 0.2) is 24.5 Å². The molecule has 0 bridgehead atoms. The normalized spacial score (nSPS) is 15.4. The highest BCUT2D eigenvalue weighted by Crippen LogP contribution is 2.25. The van der Waals surface area contributed by atoms with Crippen LogP contribution in [0.1, 0.15) is 51.5 Å². The first-order valence-electron chi connectivity index (χ1n) is 9.31. The third-order valence-electron chi connectivity index (χ3n) is 5.31. The monoisotopic (exact) mass is 402 g/mol. The number of aryl methyl sites for hydroxylation is 2. The summed E-state index contributed by atoms with van der Waals surface area (Å²) in [6.07, 6.45) is 1.20. The quantitative estimate of drug-likeness (QED) is 0.626. The van der Waals surface area contributed by atoms with E-state index in [0.29, 0.717) is 37.3 Å². The number of aromatic nitrogens is 5. The second-order valence-electron chi connectivity index (χ2n) is 7.19. The van der Waals surface area contributed by atoms with Gasteiger partial charge in [0.25, 0.3) is 12.3 Å². The fourth-order valence-corrected chi connectivity index (χ4v) is 3.76. The molecule has 0 aliphatic carbocycles. The predicted octanol–water partition coefficient (Wildman–Crippen LogP) is 2.44. The Morgan fingerprint density at radius 2 is 1.93 bits per heavy atom. The maximum absolute atomic E-state index is 13.3. The molecule has 1 fully saturated rings. The molecule has 4 heterocycles. The summed E-state index contributed by atoms with van der Waals surface area (Å²) in [4.78, 5) is 31.5. The molecule has 3 aromatic rings. The summed E-state index contributed by atoms with van der Waals surface area (Å²) < 4.78 is 29.1. The maximum atomic E-state index is 13.3. The molecule has 4 rings (SSSR count). The fraction of sp³-hybridized carbons (Fsp3) is 0.421. The van der Waals surface area contributed by atoms with E-state index in [1.165, 1.54) is 12.3 Å². The summed E-state index contributed by atoms with van der Waals surface area (Å²) in [5.74, 6) is -0.471. The molecule has 10 heteroatoms. The number of alkyl halides is 2. The number of fused-ring (bicyclic) bond motifs is 1. The number of hydrogen-bond donors (Lipinski definition) is 0. The Morgan fingerprint density at radius 3 is 2.55 bits per heavy atom. The minimum atomic E-state index is -2.73. The molecule has 3 aromatic heterocycles. The number of Topliss-reactive ketones (excluding diaryl/α,β-unsaturated/α-hetero) is 1. The van der Waals surface area contributed by atoms with E-state index in [-0.39, 0.29) is 34.5 Å². The van der Waals surface area contributed by atoms with Gasteiger partial charge in [-0.1, -0.05) is 0 Å². The third-order valence-corrected chi connectivity index (χ3v) is 5.31. The average molecular weight is 402 g/mol. The van der Waals surface area contributed by atoms with Crippen LogP contribution in [0, 0.1) is 12.8 Å². The molecule has 29 heavy (non-hydrogen) atoms. The van der Waals surface area contributed by atoms with Gasteiger partial charge < -0.3 is 4.90 Å². The summed E-state index contributed by atoms with van der Waals surface area (Å²) in [5, 5.41) is 7.97. The SMILES string of the molecule is Cc1cc(C(F)F)n2ncc(C(=O)N3CCC(C(=O)c4ccnn4C)CC3)c2n1. The van der Waals surface area contributed by atoms with Crippen molar-refractivity contribution in [2.75, 3.05) is 13.1 Å². The third kappa shape index (κ3) is 3.39. The van der Waals surface area contributed by atoms with Gasteiger partial charge in [0.2, 0.25) is 0 Å². The van der Waals surface area contributed by atoms with Crippen molar-refractivity contribution in [3.8, 4) is 0 Å². The molecule has 0 atom stereocenters. The molecule has 8 nitrogen and oxygen atoms in total. The van der Waals surface area contributed by atoms with Crippen LogP contribution < -0.4 is 0 Å². The molecule has 0 radical (unpaired) electrons. The lowest BCUT2D eigenvalue weighted by Gasteiger charge is -2.31. The number of nitrogens with zero attached hydrogens (tertiary/aromatic N) is 6. The number of hydrogen-bond acceptors (Lipinski definition) is 5. The van der Waals surface area contributed by atoms with Crippen molar-refractivity contribution in [1.29, 1.82) is 0 Å². The Morgan fingerprint density at radius 1 is 1.21 bits per heavy atom. The van der Waals surface area contributed by atoms with Crippen LogP contribution >= 0.6 is 0 Å². The molecule has 1 aliphatic heterocycles. The van der Waals surface area contributed by atoms with Crippen LogP contribution in [-0.2, 0) is 7.05 Å². The summed E-state index contributed by atoms with van der Waals surface area (Å²) >= 11 is 0. The Labute approximate surface area is 165 Å². The first-order chi connectivity index (χ1) is 13.9. The number of halogens is 2. The lowest BCUT2D eigenvalue weighted by Crippen LogP contribution is -2.40. The molecule has 0 unspecified atom stereocenters. The van der Waals surface area contributed by atoms with E-state index in [9.17, 15) is 18.4 Å². The van der Waals surface area contributed by atoms with Crippen LogP contribution in [0.5, 0.6) is 0 Å². The Balaban J connectivity index is 1.52. The van der Waals surface area contributed by atoms with Gasteiger partial charge in [-0.25, -0.2) is 18.3 Å². The average Bonchev–Trinajstić information content (AvgIpc) is 3.32. The topological polar surface area (TPSA) is 85.4 Å². The van der Waals surface area contributed by atoms with Gasteiger partial charge in [-0.3, -0.25) is 14.3 Å². The van der Waals surface area contributed by atoms with Gasteiger partial charge in [-0.15, -0.1) is 0 Å². The van der Waals surface area contributed by atoms with Gasteiger partial charge in [0.15, 0.2) is 11.4 Å². The molecular formula is C19H20F2N6O2. The minimum Gasteiger partial charge on any atom is -0.338 e. The van der Waals surface area contributed by atoms with Gasteiger partial charge in [0, 0.05) is 37.9 Å². The van der Waals surface area contributed by atoms with E-state index in [2.05, 4.69) is 15.2 Å². The van der Waals surface area contributed by atoms with Crippen LogP contribution in [0.25, 0.3) is 5.65 Å². The van der Waals surface area contributed by atoms with E-state index in [1.54, 1.807) is 35.8 Å². The molecular weight excluding hydrogens is 382 g/mol. The van der Waals surface area contributed by atoms with Gasteiger partial charge in [0.1, 0.15) is 17.0 Å². The van der Waals surface area contributed by atoms with Gasteiger partial charge in [0.05, 0.1) is 6.20 Å². The highest BCUT2D eigenvalue weighted by Gasteiger charge is 2.31. The molecule has 0 saturated carbocycles. The predicted molar refractivity (Wildman–Crippen MR) is 98.8 cm³/mol. The van der Waals surface area contributed by atoms with Crippen LogP contribution in [0.4, 0.5) is 8.78 Å². The maximum Gasteiger partial charge on any atom is 0.280 e. The van der Waals surface area contributed by atoms with Crippen LogP contribution in [0.3, 0.4) is 0 Å². The number of carbonyl (C=O) groups is 2. The number of rotatable bonds is 4. The van der Waals surface area contributed by atoms with Crippen LogP contribution in [-0.4, -0.2) is 54.1 Å². The van der Waals surface area contributed by atoms with Crippen molar-refractivity contribution in [2.24, 2.45) is 13.0 Å². The van der Waals surface area contributed by atoms with Crippen molar-refractivity contribution in [2.45, 2.75) is 26.2 Å². The van der Waals surface area contributed by atoms with E-state index < -0.39 is 6.43 Å². The van der Waals surface area contributed by atoms with Gasteiger partial charge in [-0.2, -0.15) is 10.2 Å². The zero-order valence-electron chi connectivity index (χ0n) is 16.0. The molecule has 152 valence electrons. The lowest BCUT2D eigenvalue weighted by molar-refractivity contribution is 0.0649. The summed E-state index contributed by atoms with van der Waals surface area (Å²) in [6.45, 7) is 2.40. The molecule has 1 saturated heterocycles. The summed E-state index contributed by atoms with van der Waals surface area (Å²) in [6, 6.07) is 2.95. The molecule has 0 N–H and O–H groups in total. The Kier molecular flexibility index (Phi) is 4.85. The van der Waals surface area contributed by atoms with Crippen molar-refractivity contribution in [3.63, 3.8) is 0 Å². The van der Waals surface area contributed by atoms with E-state index in [1.807, 2.05) is 0 Å². The highest BCUT2D eigenvalue weighted by molar-refractivity contribution is 6.00. The number of amides is 1. The summed E-state index contributed by atoms with van der Waals surface area (Å²) in [7, 11) is 1.72. The minimum absolute atomic E-state index is 0.0203. The fourth-order valence-electron chi connectivity index (χ4n) is 3.76. The van der Waals surface area contributed by atoms with Crippen molar-refractivity contribution in [3.05, 3.63) is 47.2 Å². The second kappa shape index (κ2) is 7.34. The summed E-state index contributed by atoms with van der Waals surface area (Å²) in [5.41, 5.74) is 0.955. The Bertz CT molecular complexity index is 1080. The van der Waals surface area contributed by atoms with Crippen molar-refractivity contribution >= 4 is 17.3 Å². The second-order valence-corrected chi connectivity index (χ2v) is 7.19. The van der Waals surface area contributed by atoms with E-state index in [0.717, 1.165) is 4.52 Å². The highest BCUT2D eigenvalue weighted by atomic mass is 19.3.